The fourth-order valence-corrected chi connectivity index (χ4v) is 4.37. The molecule has 1 aromatic carbocycles. The van der Waals surface area contributed by atoms with Gasteiger partial charge in [-0.3, -0.25) is 4.79 Å². The first-order valence-electron chi connectivity index (χ1n) is 9.32. The molecule has 2 aliphatic rings. The smallest absolute Gasteiger partial charge is 0.355 e. The third kappa shape index (κ3) is 3.54. The molecule has 4 rings (SSSR count). The Labute approximate surface area is 163 Å². The van der Waals surface area contributed by atoms with Crippen LogP contribution < -0.4 is 0 Å². The molecule has 0 saturated carbocycles. The van der Waals surface area contributed by atoms with E-state index in [4.69, 9.17) is 21.1 Å². The molecule has 1 saturated heterocycles. The Morgan fingerprint density at radius 2 is 2.15 bits per heavy atom. The van der Waals surface area contributed by atoms with E-state index in [-0.39, 0.29) is 24.4 Å². The fraction of sp³-hybridized carbons (Fsp3) is 0.429. The van der Waals surface area contributed by atoms with E-state index in [1.807, 2.05) is 24.3 Å². The predicted octanol–water partition coefficient (Wildman–Crippen LogP) is 4.23. The fourth-order valence-electron chi connectivity index (χ4n) is 4.08. The lowest BCUT2D eigenvalue weighted by atomic mass is 9.81. The van der Waals surface area contributed by atoms with Gasteiger partial charge in [-0.05, 0) is 49.3 Å². The number of benzene rings is 1. The van der Waals surface area contributed by atoms with Gasteiger partial charge in [0.25, 0.3) is 0 Å². The molecule has 0 unspecified atom stereocenters. The van der Waals surface area contributed by atoms with E-state index in [1.165, 1.54) is 0 Å². The lowest BCUT2D eigenvalue weighted by molar-refractivity contribution is 0.0156. The Morgan fingerprint density at radius 3 is 2.89 bits per heavy atom. The second kappa shape index (κ2) is 7.49. The van der Waals surface area contributed by atoms with Crippen LogP contribution in [0, 0.1) is 6.92 Å². The zero-order valence-corrected chi connectivity index (χ0v) is 16.0. The van der Waals surface area contributed by atoms with Gasteiger partial charge in [0.15, 0.2) is 5.78 Å². The zero-order valence-electron chi connectivity index (χ0n) is 15.2. The highest BCUT2D eigenvalue weighted by Crippen LogP contribution is 2.37. The van der Waals surface area contributed by atoms with Crippen LogP contribution in [0.4, 0.5) is 0 Å². The van der Waals surface area contributed by atoms with Gasteiger partial charge in [0.05, 0.1) is 6.10 Å². The number of rotatable bonds is 4. The molecule has 2 atom stereocenters. The molecule has 0 amide bonds. The van der Waals surface area contributed by atoms with Crippen molar-refractivity contribution in [1.29, 1.82) is 0 Å². The van der Waals surface area contributed by atoms with Gasteiger partial charge in [-0.25, -0.2) is 4.79 Å². The standard InChI is InChI=1S/C21H22ClNO4/c1-12-19-17(23-20(12)21(25)27-11-14-5-4-8-26-14)9-13(10-18(19)24)15-6-2-3-7-16(15)22/h2-3,6-7,13-14,23H,4-5,8-11H2,1H3/t13-,14-/m0/s1. The number of halogens is 1. The molecule has 2 heterocycles. The number of hydrogen-bond donors (Lipinski definition) is 1. The Bertz CT molecular complexity index is 882. The molecule has 1 aliphatic carbocycles. The summed E-state index contributed by atoms with van der Waals surface area (Å²) in [6.07, 6.45) is 2.91. The number of aromatic nitrogens is 1. The van der Waals surface area contributed by atoms with Gasteiger partial charge in [-0.15, -0.1) is 0 Å². The molecule has 5 nitrogen and oxygen atoms in total. The lowest BCUT2D eigenvalue weighted by Gasteiger charge is -2.22. The molecule has 27 heavy (non-hydrogen) atoms. The van der Waals surface area contributed by atoms with Gasteiger partial charge >= 0.3 is 5.97 Å². The van der Waals surface area contributed by atoms with Crippen molar-refractivity contribution in [3.05, 3.63) is 57.4 Å². The Hall–Kier alpha value is -2.11. The number of H-pyrrole nitrogens is 1. The minimum Gasteiger partial charge on any atom is -0.458 e. The number of Topliss-reactive ketones (excluding diaryl/α,β-unsaturated/α-hetero) is 1. The number of ketones is 1. The highest BCUT2D eigenvalue weighted by atomic mass is 35.5. The van der Waals surface area contributed by atoms with E-state index in [0.717, 1.165) is 30.7 Å². The van der Waals surface area contributed by atoms with Gasteiger partial charge in [-0.1, -0.05) is 29.8 Å². The summed E-state index contributed by atoms with van der Waals surface area (Å²) < 4.78 is 10.9. The number of aromatic amines is 1. The second-order valence-corrected chi connectivity index (χ2v) is 7.67. The number of esters is 1. The number of fused-ring (bicyclic) bond motifs is 1. The summed E-state index contributed by atoms with van der Waals surface area (Å²) in [5.74, 6) is -0.389. The van der Waals surface area contributed by atoms with Crippen LogP contribution in [0.3, 0.4) is 0 Å². The molecule has 0 spiro atoms. The van der Waals surface area contributed by atoms with Crippen molar-refractivity contribution in [1.82, 2.24) is 4.98 Å². The summed E-state index contributed by atoms with van der Waals surface area (Å²) in [5.41, 5.74) is 3.42. The highest BCUT2D eigenvalue weighted by Gasteiger charge is 2.33. The molecular formula is C21H22ClNO4. The maximum absolute atomic E-state index is 12.8. The average Bonchev–Trinajstić information content (AvgIpc) is 3.28. The Morgan fingerprint density at radius 1 is 1.33 bits per heavy atom. The number of nitrogens with one attached hydrogen (secondary N) is 1. The molecule has 0 radical (unpaired) electrons. The summed E-state index contributed by atoms with van der Waals surface area (Å²) >= 11 is 6.32. The topological polar surface area (TPSA) is 68.4 Å². The summed E-state index contributed by atoms with van der Waals surface area (Å²) in [6.45, 7) is 2.76. The van der Waals surface area contributed by atoms with E-state index in [9.17, 15) is 9.59 Å². The van der Waals surface area contributed by atoms with Crippen molar-refractivity contribution in [3.63, 3.8) is 0 Å². The summed E-state index contributed by atoms with van der Waals surface area (Å²) in [4.78, 5) is 28.4. The third-order valence-electron chi connectivity index (χ3n) is 5.46. The minimum absolute atomic E-state index is 0.00695. The molecular weight excluding hydrogens is 366 g/mol. The second-order valence-electron chi connectivity index (χ2n) is 7.26. The third-order valence-corrected chi connectivity index (χ3v) is 5.81. The van der Waals surface area contributed by atoms with Crippen LogP contribution in [0.2, 0.25) is 5.02 Å². The molecule has 1 aliphatic heterocycles. The number of hydrogen-bond acceptors (Lipinski definition) is 4. The molecule has 1 N–H and O–H groups in total. The van der Waals surface area contributed by atoms with Crippen molar-refractivity contribution in [3.8, 4) is 0 Å². The summed E-state index contributed by atoms with van der Waals surface area (Å²) in [5, 5.41) is 0.665. The summed E-state index contributed by atoms with van der Waals surface area (Å²) in [6, 6.07) is 7.60. The number of ether oxygens (including phenoxy) is 2. The van der Waals surface area contributed by atoms with Crippen molar-refractivity contribution < 1.29 is 19.1 Å². The first kappa shape index (κ1) is 18.3. The van der Waals surface area contributed by atoms with Crippen LogP contribution in [0.25, 0.3) is 0 Å². The predicted molar refractivity (Wildman–Crippen MR) is 102 cm³/mol. The van der Waals surface area contributed by atoms with Crippen molar-refractivity contribution in [2.24, 2.45) is 0 Å². The summed E-state index contributed by atoms with van der Waals surface area (Å²) in [7, 11) is 0. The molecule has 6 heteroatoms. The van der Waals surface area contributed by atoms with E-state index < -0.39 is 5.97 Å². The van der Waals surface area contributed by atoms with Gasteiger partial charge in [0.1, 0.15) is 12.3 Å². The van der Waals surface area contributed by atoms with Gasteiger partial charge in [0, 0.05) is 29.3 Å². The van der Waals surface area contributed by atoms with E-state index in [0.29, 0.717) is 34.7 Å². The van der Waals surface area contributed by atoms with Crippen LogP contribution in [0.1, 0.15) is 62.8 Å². The van der Waals surface area contributed by atoms with E-state index >= 15 is 0 Å². The van der Waals surface area contributed by atoms with Crippen LogP contribution in [0.15, 0.2) is 24.3 Å². The zero-order chi connectivity index (χ0) is 19.0. The molecule has 142 valence electrons. The van der Waals surface area contributed by atoms with Crippen LogP contribution >= 0.6 is 11.6 Å². The van der Waals surface area contributed by atoms with Gasteiger partial charge < -0.3 is 14.5 Å². The maximum atomic E-state index is 12.8. The average molecular weight is 388 g/mol. The maximum Gasteiger partial charge on any atom is 0.355 e. The van der Waals surface area contributed by atoms with E-state index in [1.54, 1.807) is 6.92 Å². The first-order valence-corrected chi connectivity index (χ1v) is 9.70. The van der Waals surface area contributed by atoms with Gasteiger partial charge in [-0.2, -0.15) is 0 Å². The van der Waals surface area contributed by atoms with E-state index in [2.05, 4.69) is 4.98 Å². The van der Waals surface area contributed by atoms with Crippen molar-refractivity contribution in [2.75, 3.05) is 13.2 Å². The Balaban J connectivity index is 1.55. The Kier molecular flexibility index (Phi) is 5.06. The van der Waals surface area contributed by atoms with Crippen LogP contribution in [0.5, 0.6) is 0 Å². The highest BCUT2D eigenvalue weighted by molar-refractivity contribution is 6.31. The first-order chi connectivity index (χ1) is 13.0. The number of carbonyl (C=O) groups excluding carboxylic acids is 2. The van der Waals surface area contributed by atoms with Crippen LogP contribution in [-0.2, 0) is 15.9 Å². The number of carbonyl (C=O) groups is 2. The molecule has 1 aromatic heterocycles. The largest absolute Gasteiger partial charge is 0.458 e. The quantitative estimate of drug-likeness (QED) is 0.797. The molecule has 1 fully saturated rings. The van der Waals surface area contributed by atoms with Gasteiger partial charge in [0.2, 0.25) is 0 Å². The van der Waals surface area contributed by atoms with Crippen molar-refractivity contribution >= 4 is 23.4 Å². The monoisotopic (exact) mass is 387 g/mol. The minimum atomic E-state index is -0.431. The SMILES string of the molecule is Cc1c(C(=O)OC[C@@H]2CCCO2)[nH]c2c1C(=O)C[C@@H](c1ccccc1Cl)C2. The van der Waals surface area contributed by atoms with Crippen molar-refractivity contribution in [2.45, 2.75) is 44.6 Å². The molecule has 2 aromatic rings. The lowest BCUT2D eigenvalue weighted by Crippen LogP contribution is -2.19. The van der Waals surface area contributed by atoms with Crippen LogP contribution in [-0.4, -0.2) is 36.1 Å². The molecule has 0 bridgehead atoms. The normalized spacial score (nSPS) is 21.9.